The van der Waals surface area contributed by atoms with Crippen molar-refractivity contribution in [3.63, 3.8) is 0 Å². The van der Waals surface area contributed by atoms with E-state index in [1.54, 1.807) is 0 Å². The molecule has 1 aliphatic rings. The SMILES string of the molecule is CC(=CCCBr)C1CCCc2cccnc21. The van der Waals surface area contributed by atoms with Gasteiger partial charge in [0, 0.05) is 17.4 Å². The third-order valence-electron chi connectivity index (χ3n) is 3.32. The normalized spacial score (nSPS) is 20.6. The van der Waals surface area contributed by atoms with E-state index in [0.29, 0.717) is 5.92 Å². The first-order valence-corrected chi connectivity index (χ1v) is 7.11. The molecule has 0 spiro atoms. The molecular weight excluding hydrogens is 262 g/mol. The van der Waals surface area contributed by atoms with Crippen LogP contribution >= 0.6 is 15.9 Å². The number of hydrogen-bond acceptors (Lipinski definition) is 1. The largest absolute Gasteiger partial charge is 0.260 e. The van der Waals surface area contributed by atoms with Crippen LogP contribution in [0.3, 0.4) is 0 Å². The van der Waals surface area contributed by atoms with E-state index in [2.05, 4.69) is 46.0 Å². The van der Waals surface area contributed by atoms with Gasteiger partial charge in [0.2, 0.25) is 0 Å². The Bertz CT molecular complexity index is 384. The molecule has 2 rings (SSSR count). The highest BCUT2D eigenvalue weighted by atomic mass is 79.9. The molecule has 2 heteroatoms. The molecule has 0 saturated carbocycles. The molecule has 0 aromatic carbocycles. The smallest absolute Gasteiger partial charge is 0.0506 e. The first-order chi connectivity index (χ1) is 7.83. The third kappa shape index (κ3) is 2.54. The van der Waals surface area contributed by atoms with Crippen LogP contribution in [-0.2, 0) is 6.42 Å². The standard InChI is InChI=1S/C14H18BrN/c1-11(5-3-9-15)13-8-2-6-12-7-4-10-16-14(12)13/h4-5,7,10,13H,2-3,6,8-9H2,1H3. The number of nitrogens with zero attached hydrogens (tertiary/aromatic N) is 1. The molecule has 1 nitrogen and oxygen atoms in total. The van der Waals surface area contributed by atoms with Crippen molar-refractivity contribution in [1.82, 2.24) is 4.98 Å². The highest BCUT2D eigenvalue weighted by molar-refractivity contribution is 9.09. The molecule has 0 amide bonds. The first-order valence-electron chi connectivity index (χ1n) is 5.99. The van der Waals surface area contributed by atoms with Gasteiger partial charge in [0.25, 0.3) is 0 Å². The topological polar surface area (TPSA) is 12.9 Å². The van der Waals surface area contributed by atoms with Crippen LogP contribution in [0.2, 0.25) is 0 Å². The summed E-state index contributed by atoms with van der Waals surface area (Å²) in [6.07, 6.45) is 9.14. The van der Waals surface area contributed by atoms with E-state index in [9.17, 15) is 0 Å². The Labute approximate surface area is 106 Å². The molecule has 1 unspecified atom stereocenters. The van der Waals surface area contributed by atoms with Crippen molar-refractivity contribution in [1.29, 1.82) is 0 Å². The van der Waals surface area contributed by atoms with Crippen LogP contribution in [0.5, 0.6) is 0 Å². The molecule has 0 aliphatic heterocycles. The summed E-state index contributed by atoms with van der Waals surface area (Å²) in [5.74, 6) is 0.559. The lowest BCUT2D eigenvalue weighted by atomic mass is 9.82. The Balaban J connectivity index is 2.24. The monoisotopic (exact) mass is 279 g/mol. The summed E-state index contributed by atoms with van der Waals surface area (Å²) in [5, 5.41) is 1.05. The Morgan fingerprint density at radius 2 is 2.50 bits per heavy atom. The fourth-order valence-electron chi connectivity index (χ4n) is 2.48. The predicted octanol–water partition coefficient (Wildman–Crippen LogP) is 4.23. The molecule has 1 atom stereocenters. The van der Waals surface area contributed by atoms with E-state index in [0.717, 1.165) is 11.8 Å². The van der Waals surface area contributed by atoms with E-state index in [1.807, 2.05) is 6.20 Å². The van der Waals surface area contributed by atoms with Gasteiger partial charge < -0.3 is 0 Å². The number of aryl methyl sites for hydroxylation is 1. The highest BCUT2D eigenvalue weighted by Gasteiger charge is 2.21. The van der Waals surface area contributed by atoms with Crippen molar-refractivity contribution in [3.05, 3.63) is 41.2 Å². The quantitative estimate of drug-likeness (QED) is 0.596. The number of rotatable bonds is 3. The predicted molar refractivity (Wildman–Crippen MR) is 72.1 cm³/mol. The molecule has 1 aromatic heterocycles. The van der Waals surface area contributed by atoms with Gasteiger partial charge in [0.15, 0.2) is 0 Å². The number of fused-ring (bicyclic) bond motifs is 1. The maximum Gasteiger partial charge on any atom is 0.0506 e. The lowest BCUT2D eigenvalue weighted by Gasteiger charge is -2.25. The third-order valence-corrected chi connectivity index (χ3v) is 3.78. The van der Waals surface area contributed by atoms with Crippen molar-refractivity contribution < 1.29 is 0 Å². The summed E-state index contributed by atoms with van der Waals surface area (Å²) < 4.78 is 0. The molecule has 0 bridgehead atoms. The molecule has 86 valence electrons. The zero-order valence-corrected chi connectivity index (χ0v) is 11.3. The molecular formula is C14H18BrN. The molecule has 1 aliphatic carbocycles. The van der Waals surface area contributed by atoms with E-state index < -0.39 is 0 Å². The van der Waals surface area contributed by atoms with Gasteiger partial charge in [-0.15, -0.1) is 0 Å². The molecule has 1 heterocycles. The van der Waals surface area contributed by atoms with Crippen LogP contribution in [-0.4, -0.2) is 10.3 Å². The minimum Gasteiger partial charge on any atom is -0.260 e. The van der Waals surface area contributed by atoms with Crippen LogP contribution in [0.15, 0.2) is 30.0 Å². The summed E-state index contributed by atoms with van der Waals surface area (Å²) in [4.78, 5) is 4.58. The summed E-state index contributed by atoms with van der Waals surface area (Å²) in [7, 11) is 0. The van der Waals surface area contributed by atoms with Crippen LogP contribution < -0.4 is 0 Å². The Morgan fingerprint density at radius 1 is 1.62 bits per heavy atom. The summed E-state index contributed by atoms with van der Waals surface area (Å²) in [5.41, 5.74) is 4.25. The Morgan fingerprint density at radius 3 is 3.31 bits per heavy atom. The minimum atomic E-state index is 0.559. The summed E-state index contributed by atoms with van der Waals surface area (Å²) in [6.45, 7) is 2.25. The van der Waals surface area contributed by atoms with E-state index >= 15 is 0 Å². The minimum absolute atomic E-state index is 0.559. The van der Waals surface area contributed by atoms with Crippen LogP contribution in [0, 0.1) is 0 Å². The average molecular weight is 280 g/mol. The van der Waals surface area contributed by atoms with Gasteiger partial charge in [0.1, 0.15) is 0 Å². The Kier molecular flexibility index (Phi) is 4.16. The second kappa shape index (κ2) is 5.62. The number of halogens is 1. The maximum absolute atomic E-state index is 4.58. The van der Waals surface area contributed by atoms with Crippen molar-refractivity contribution in [2.45, 2.75) is 38.5 Å². The van der Waals surface area contributed by atoms with E-state index in [1.165, 1.54) is 36.1 Å². The van der Waals surface area contributed by atoms with E-state index in [-0.39, 0.29) is 0 Å². The van der Waals surface area contributed by atoms with Gasteiger partial charge in [-0.1, -0.05) is 33.6 Å². The lowest BCUT2D eigenvalue weighted by molar-refractivity contribution is 0.589. The first kappa shape index (κ1) is 11.8. The van der Waals surface area contributed by atoms with Crippen LogP contribution in [0.4, 0.5) is 0 Å². The van der Waals surface area contributed by atoms with Gasteiger partial charge in [-0.25, -0.2) is 0 Å². The second-order valence-corrected chi connectivity index (χ2v) is 5.21. The van der Waals surface area contributed by atoms with Crippen molar-refractivity contribution in [3.8, 4) is 0 Å². The van der Waals surface area contributed by atoms with Crippen LogP contribution in [0.25, 0.3) is 0 Å². The maximum atomic E-state index is 4.58. The van der Waals surface area contributed by atoms with Gasteiger partial charge >= 0.3 is 0 Å². The second-order valence-electron chi connectivity index (χ2n) is 4.42. The summed E-state index contributed by atoms with van der Waals surface area (Å²) >= 11 is 3.47. The molecule has 0 radical (unpaired) electrons. The van der Waals surface area contributed by atoms with Gasteiger partial charge in [0.05, 0.1) is 5.69 Å². The number of pyridine rings is 1. The lowest BCUT2D eigenvalue weighted by Crippen LogP contribution is -2.12. The van der Waals surface area contributed by atoms with E-state index in [4.69, 9.17) is 0 Å². The molecule has 16 heavy (non-hydrogen) atoms. The number of alkyl halides is 1. The average Bonchev–Trinajstić information content (AvgIpc) is 2.35. The fraction of sp³-hybridized carbons (Fsp3) is 0.500. The molecule has 1 aromatic rings. The van der Waals surface area contributed by atoms with Crippen molar-refractivity contribution in [2.24, 2.45) is 0 Å². The summed E-state index contributed by atoms with van der Waals surface area (Å²) in [6, 6.07) is 4.28. The zero-order chi connectivity index (χ0) is 11.4. The molecule has 0 saturated heterocycles. The van der Waals surface area contributed by atoms with Gasteiger partial charge in [-0.2, -0.15) is 0 Å². The zero-order valence-electron chi connectivity index (χ0n) is 9.75. The Hall–Kier alpha value is -0.630. The van der Waals surface area contributed by atoms with Crippen LogP contribution in [0.1, 0.15) is 43.4 Å². The number of allylic oxidation sites excluding steroid dienone is 2. The van der Waals surface area contributed by atoms with Gasteiger partial charge in [-0.3, -0.25) is 4.98 Å². The highest BCUT2D eigenvalue weighted by Crippen LogP contribution is 2.35. The number of hydrogen-bond donors (Lipinski definition) is 0. The fourth-order valence-corrected chi connectivity index (χ4v) is 2.71. The molecule has 0 N–H and O–H groups in total. The van der Waals surface area contributed by atoms with Crippen molar-refractivity contribution >= 4 is 15.9 Å². The van der Waals surface area contributed by atoms with Crippen molar-refractivity contribution in [2.75, 3.05) is 5.33 Å². The van der Waals surface area contributed by atoms with Gasteiger partial charge in [-0.05, 0) is 44.2 Å². The molecule has 0 fully saturated rings. The number of aromatic nitrogens is 1.